The Balaban J connectivity index is 1.93. The van der Waals surface area contributed by atoms with E-state index in [4.69, 9.17) is 4.74 Å². The molecule has 35 heavy (non-hydrogen) atoms. The summed E-state index contributed by atoms with van der Waals surface area (Å²) in [5, 5.41) is 24.9. The number of carbonyl (C=O) groups is 1. The number of nitrogens with zero attached hydrogens (tertiary/aromatic N) is 3. The lowest BCUT2D eigenvalue weighted by molar-refractivity contribution is -0.385. The maximum atomic E-state index is 13.5. The zero-order valence-corrected chi connectivity index (χ0v) is 19.6. The van der Waals surface area contributed by atoms with Gasteiger partial charge in [0.1, 0.15) is 18.0 Å². The number of rotatable bonds is 9. The number of sulfonamides is 1. The Labute approximate surface area is 201 Å². The Morgan fingerprint density at radius 3 is 2.49 bits per heavy atom. The van der Waals surface area contributed by atoms with Crippen LogP contribution >= 0.6 is 0 Å². The Bertz CT molecular complexity index is 1370. The van der Waals surface area contributed by atoms with E-state index in [1.165, 1.54) is 62.7 Å². The second kappa shape index (κ2) is 10.7. The SMILES string of the molecule is COc1ccc(N(CC(=O)N/N=C\c2ccccc2O)S(=O)(=O)c2ccc(C)c([N+](=O)[O-])c2)cc1. The summed E-state index contributed by atoms with van der Waals surface area (Å²) in [6, 6.07) is 15.7. The van der Waals surface area contributed by atoms with Crippen molar-refractivity contribution in [3.05, 3.63) is 88.0 Å². The van der Waals surface area contributed by atoms with Crippen molar-refractivity contribution >= 4 is 33.5 Å². The van der Waals surface area contributed by atoms with Crippen molar-refractivity contribution in [3.63, 3.8) is 0 Å². The number of methoxy groups -OCH3 is 1. The minimum absolute atomic E-state index is 0.0473. The van der Waals surface area contributed by atoms with Crippen molar-refractivity contribution in [1.82, 2.24) is 5.43 Å². The summed E-state index contributed by atoms with van der Waals surface area (Å²) in [4.78, 5) is 22.9. The third-order valence-corrected chi connectivity index (χ3v) is 6.71. The van der Waals surface area contributed by atoms with Crippen molar-refractivity contribution in [3.8, 4) is 11.5 Å². The van der Waals surface area contributed by atoms with Gasteiger partial charge in [0.15, 0.2) is 0 Å². The van der Waals surface area contributed by atoms with Crippen LogP contribution < -0.4 is 14.5 Å². The number of nitrogens with one attached hydrogen (secondary N) is 1. The molecule has 0 radical (unpaired) electrons. The number of anilines is 1. The Morgan fingerprint density at radius 2 is 1.86 bits per heavy atom. The van der Waals surface area contributed by atoms with E-state index in [1.807, 2.05) is 0 Å². The van der Waals surface area contributed by atoms with Gasteiger partial charge in [-0.15, -0.1) is 0 Å². The number of aromatic hydroxyl groups is 1. The molecule has 1 amide bonds. The zero-order chi connectivity index (χ0) is 25.6. The predicted molar refractivity (Wildman–Crippen MR) is 129 cm³/mol. The molecular weight excluding hydrogens is 476 g/mol. The van der Waals surface area contributed by atoms with Gasteiger partial charge in [0.2, 0.25) is 0 Å². The monoisotopic (exact) mass is 498 g/mol. The van der Waals surface area contributed by atoms with Crippen LogP contribution in [0.3, 0.4) is 0 Å². The van der Waals surface area contributed by atoms with Crippen molar-refractivity contribution in [2.24, 2.45) is 5.10 Å². The second-order valence-electron chi connectivity index (χ2n) is 7.27. The number of phenols is 1. The average Bonchev–Trinajstić information content (AvgIpc) is 2.83. The van der Waals surface area contributed by atoms with Crippen LogP contribution in [0.25, 0.3) is 0 Å². The molecule has 2 N–H and O–H groups in total. The van der Waals surface area contributed by atoms with Gasteiger partial charge in [-0.3, -0.25) is 19.2 Å². The lowest BCUT2D eigenvalue weighted by Crippen LogP contribution is -2.39. The molecule has 182 valence electrons. The molecule has 0 aliphatic rings. The number of hydrogen-bond acceptors (Lipinski definition) is 8. The van der Waals surface area contributed by atoms with Crippen molar-refractivity contribution in [2.45, 2.75) is 11.8 Å². The van der Waals surface area contributed by atoms with E-state index in [2.05, 4.69) is 10.5 Å². The van der Waals surface area contributed by atoms with Gasteiger partial charge >= 0.3 is 0 Å². The molecular formula is C23H22N4O7S. The number of amides is 1. The summed E-state index contributed by atoms with van der Waals surface area (Å²) >= 11 is 0. The third-order valence-electron chi connectivity index (χ3n) is 4.94. The molecule has 0 spiro atoms. The number of phenolic OH excluding ortho intramolecular Hbond substituents is 1. The third kappa shape index (κ3) is 5.92. The van der Waals surface area contributed by atoms with E-state index in [0.717, 1.165) is 10.4 Å². The van der Waals surface area contributed by atoms with Crippen LogP contribution in [0.15, 0.2) is 76.7 Å². The van der Waals surface area contributed by atoms with E-state index in [0.29, 0.717) is 16.9 Å². The normalized spacial score (nSPS) is 11.3. The second-order valence-corrected chi connectivity index (χ2v) is 9.13. The topological polar surface area (TPSA) is 151 Å². The highest BCUT2D eigenvalue weighted by Crippen LogP contribution is 2.29. The lowest BCUT2D eigenvalue weighted by Gasteiger charge is -2.24. The average molecular weight is 499 g/mol. The first kappa shape index (κ1) is 25.2. The first-order valence-corrected chi connectivity index (χ1v) is 11.6. The van der Waals surface area contributed by atoms with Crippen molar-refractivity contribution < 1.29 is 28.0 Å². The Hall–Kier alpha value is -4.45. The Kier molecular flexibility index (Phi) is 7.66. The van der Waals surface area contributed by atoms with Crippen LogP contribution in [-0.4, -0.2) is 44.2 Å². The number of aryl methyl sites for hydroxylation is 1. The Morgan fingerprint density at radius 1 is 1.17 bits per heavy atom. The molecule has 12 heteroatoms. The molecule has 0 fully saturated rings. The molecule has 0 aliphatic carbocycles. The molecule has 0 saturated carbocycles. The number of nitro benzene ring substituents is 1. The van der Waals surface area contributed by atoms with E-state index in [-0.39, 0.29) is 22.0 Å². The van der Waals surface area contributed by atoms with Crippen LogP contribution in [0, 0.1) is 17.0 Å². The summed E-state index contributed by atoms with van der Waals surface area (Å²) in [6.45, 7) is 0.820. The van der Waals surface area contributed by atoms with Crippen LogP contribution in [0.5, 0.6) is 11.5 Å². The van der Waals surface area contributed by atoms with Crippen LogP contribution in [-0.2, 0) is 14.8 Å². The molecule has 0 aliphatic heterocycles. The predicted octanol–water partition coefficient (Wildman–Crippen LogP) is 2.96. The summed E-state index contributed by atoms with van der Waals surface area (Å²) in [6.07, 6.45) is 1.21. The van der Waals surface area contributed by atoms with E-state index < -0.39 is 27.4 Å². The van der Waals surface area contributed by atoms with Crippen molar-refractivity contribution in [2.75, 3.05) is 18.0 Å². The molecule has 0 aromatic heterocycles. The first-order valence-electron chi connectivity index (χ1n) is 10.1. The number of ether oxygens (including phenoxy) is 1. The summed E-state index contributed by atoms with van der Waals surface area (Å²) in [7, 11) is -2.94. The number of hydrogen-bond donors (Lipinski definition) is 2. The number of hydrazone groups is 1. The van der Waals surface area contributed by atoms with Crippen LogP contribution in [0.2, 0.25) is 0 Å². The van der Waals surface area contributed by atoms with E-state index in [1.54, 1.807) is 18.2 Å². The lowest BCUT2D eigenvalue weighted by atomic mass is 10.2. The van der Waals surface area contributed by atoms with Crippen LogP contribution in [0.1, 0.15) is 11.1 Å². The molecule has 3 aromatic carbocycles. The summed E-state index contributed by atoms with van der Waals surface area (Å²) in [5.41, 5.74) is 2.63. The van der Waals surface area contributed by atoms with Gasteiger partial charge in [-0.05, 0) is 49.4 Å². The molecule has 3 aromatic rings. The van der Waals surface area contributed by atoms with Gasteiger partial charge in [-0.2, -0.15) is 5.10 Å². The van der Waals surface area contributed by atoms with Gasteiger partial charge in [-0.1, -0.05) is 18.2 Å². The number of para-hydroxylation sites is 1. The van der Waals surface area contributed by atoms with Gasteiger partial charge in [0, 0.05) is 17.2 Å². The number of carbonyl (C=O) groups excluding carboxylic acids is 1. The van der Waals surface area contributed by atoms with E-state index in [9.17, 15) is 28.4 Å². The maximum absolute atomic E-state index is 13.5. The first-order chi connectivity index (χ1) is 16.6. The zero-order valence-electron chi connectivity index (χ0n) is 18.8. The quantitative estimate of drug-likeness (QED) is 0.261. The molecule has 0 saturated heterocycles. The van der Waals surface area contributed by atoms with Crippen LogP contribution in [0.4, 0.5) is 11.4 Å². The van der Waals surface area contributed by atoms with E-state index >= 15 is 0 Å². The smallest absolute Gasteiger partial charge is 0.273 e. The van der Waals surface area contributed by atoms with Gasteiger partial charge in [0.25, 0.3) is 21.6 Å². The van der Waals surface area contributed by atoms with Gasteiger partial charge < -0.3 is 9.84 Å². The standard InChI is InChI=1S/C23H22N4O7S/c1-16-7-12-20(13-21(16)27(30)31)35(32,33)26(18-8-10-19(34-2)11-9-18)15-23(29)25-24-14-17-5-3-4-6-22(17)28/h3-14,28H,15H2,1-2H3,(H,25,29)/b24-14-. The molecule has 0 bridgehead atoms. The molecule has 0 atom stereocenters. The highest BCUT2D eigenvalue weighted by molar-refractivity contribution is 7.92. The maximum Gasteiger partial charge on any atom is 0.273 e. The molecule has 3 rings (SSSR count). The fourth-order valence-corrected chi connectivity index (χ4v) is 4.51. The summed E-state index contributed by atoms with van der Waals surface area (Å²) in [5.74, 6) is -0.361. The van der Waals surface area contributed by atoms with Crippen molar-refractivity contribution in [1.29, 1.82) is 0 Å². The molecule has 0 unspecified atom stereocenters. The fourth-order valence-electron chi connectivity index (χ4n) is 3.07. The highest BCUT2D eigenvalue weighted by Gasteiger charge is 2.29. The minimum atomic E-state index is -4.39. The van der Waals surface area contributed by atoms with Gasteiger partial charge in [-0.25, -0.2) is 13.8 Å². The number of benzene rings is 3. The van der Waals surface area contributed by atoms with Gasteiger partial charge in [0.05, 0.1) is 28.8 Å². The number of nitro groups is 1. The highest BCUT2D eigenvalue weighted by atomic mass is 32.2. The molecule has 0 heterocycles. The largest absolute Gasteiger partial charge is 0.507 e. The minimum Gasteiger partial charge on any atom is -0.507 e. The fraction of sp³-hybridized carbons (Fsp3) is 0.130. The molecule has 11 nitrogen and oxygen atoms in total. The summed E-state index contributed by atoms with van der Waals surface area (Å²) < 4.78 is 32.8.